The van der Waals surface area contributed by atoms with Crippen LogP contribution < -0.4 is 27.0 Å². The van der Waals surface area contributed by atoms with Gasteiger partial charge in [-0.05, 0) is 73.6 Å². The fourth-order valence-electron chi connectivity index (χ4n) is 5.86. The molecule has 4 atom stereocenters. The molecule has 1 aromatic carbocycles. The highest BCUT2D eigenvalue weighted by Gasteiger charge is 2.53. The molecule has 6 rings (SSSR count). The number of carbonyl (C=O) groups excluding carboxylic acids is 1. The van der Waals surface area contributed by atoms with E-state index in [1.165, 1.54) is 19.3 Å². The van der Waals surface area contributed by atoms with Crippen molar-refractivity contribution in [2.75, 3.05) is 35.6 Å². The summed E-state index contributed by atoms with van der Waals surface area (Å²) in [7, 11) is 0. The van der Waals surface area contributed by atoms with Crippen LogP contribution in [0.3, 0.4) is 0 Å². The average molecular weight is 485 g/mol. The number of benzene rings is 1. The summed E-state index contributed by atoms with van der Waals surface area (Å²) in [6.45, 7) is 7.49. The van der Waals surface area contributed by atoms with E-state index in [4.69, 9.17) is 17.3 Å². The summed E-state index contributed by atoms with van der Waals surface area (Å²) in [6.07, 6.45) is 4.88. The molecular weight excluding hydrogens is 452 g/mol. The molecule has 1 unspecified atom stereocenters. The van der Waals surface area contributed by atoms with Crippen LogP contribution in [-0.4, -0.2) is 46.5 Å². The first-order valence-electron chi connectivity index (χ1n) is 12.1. The first-order chi connectivity index (χ1) is 16.3. The van der Waals surface area contributed by atoms with Crippen molar-refractivity contribution in [3.63, 3.8) is 0 Å². The maximum Gasteiger partial charge on any atom is 0.248 e. The summed E-state index contributed by atoms with van der Waals surface area (Å²) in [6, 6.07) is 5.08. The topological polar surface area (TPSA) is 130 Å². The lowest BCUT2D eigenvalue weighted by Crippen LogP contribution is -2.53. The second-order valence-corrected chi connectivity index (χ2v) is 10.8. The second kappa shape index (κ2) is 9.19. The Labute approximate surface area is 205 Å². The summed E-state index contributed by atoms with van der Waals surface area (Å²) in [5, 5.41) is 13.8. The van der Waals surface area contributed by atoms with E-state index in [2.05, 4.69) is 50.1 Å². The van der Waals surface area contributed by atoms with Gasteiger partial charge in [0, 0.05) is 24.7 Å². The van der Waals surface area contributed by atoms with Crippen molar-refractivity contribution in [3.8, 4) is 0 Å². The molecule has 9 nitrogen and oxygen atoms in total. The van der Waals surface area contributed by atoms with Crippen LogP contribution in [0.2, 0.25) is 5.02 Å². The van der Waals surface area contributed by atoms with Crippen LogP contribution in [0.5, 0.6) is 0 Å². The van der Waals surface area contributed by atoms with Gasteiger partial charge < -0.3 is 27.0 Å². The van der Waals surface area contributed by atoms with Crippen molar-refractivity contribution in [2.45, 2.75) is 45.6 Å². The lowest BCUT2D eigenvalue weighted by Gasteiger charge is -2.60. The normalized spacial score (nSPS) is 27.0. The van der Waals surface area contributed by atoms with Gasteiger partial charge >= 0.3 is 0 Å². The smallest absolute Gasteiger partial charge is 0.248 e. The number of nitrogens with zero attached hydrogens (tertiary/aromatic N) is 3. The number of anilines is 4. The summed E-state index contributed by atoms with van der Waals surface area (Å²) in [5.41, 5.74) is 6.73. The minimum Gasteiger partial charge on any atom is -0.366 e. The summed E-state index contributed by atoms with van der Waals surface area (Å²) < 4.78 is 0. The number of halogens is 1. The molecule has 2 aromatic rings. The molecule has 34 heavy (non-hydrogen) atoms. The highest BCUT2D eigenvalue weighted by molar-refractivity contribution is 6.33. The molecule has 10 heteroatoms. The average Bonchev–Trinajstić information content (AvgIpc) is 3.32. The van der Waals surface area contributed by atoms with Gasteiger partial charge in [-0.2, -0.15) is 15.0 Å². The Bertz CT molecular complexity index is 1070. The van der Waals surface area contributed by atoms with Crippen molar-refractivity contribution in [1.29, 1.82) is 0 Å². The number of amides is 1. The zero-order chi connectivity index (χ0) is 23.9. The fourth-order valence-corrected chi connectivity index (χ4v) is 6.02. The van der Waals surface area contributed by atoms with Crippen molar-refractivity contribution in [1.82, 2.24) is 20.3 Å². The van der Waals surface area contributed by atoms with Crippen LogP contribution in [-0.2, 0) is 0 Å². The Morgan fingerprint density at radius 3 is 2.68 bits per heavy atom. The maximum atomic E-state index is 11.6. The van der Waals surface area contributed by atoms with Crippen molar-refractivity contribution in [3.05, 3.63) is 28.8 Å². The molecule has 2 bridgehead atoms. The van der Waals surface area contributed by atoms with E-state index >= 15 is 0 Å². The Hall–Kier alpha value is -2.65. The number of nitrogens with one attached hydrogen (secondary N) is 4. The Morgan fingerprint density at radius 1 is 1.18 bits per heavy atom. The summed E-state index contributed by atoms with van der Waals surface area (Å²) >= 11 is 6.35. The summed E-state index contributed by atoms with van der Waals surface area (Å²) in [5.74, 6) is 3.08. The number of fused-ring (bicyclic) bond motifs is 2. The predicted molar refractivity (Wildman–Crippen MR) is 135 cm³/mol. The van der Waals surface area contributed by atoms with Gasteiger partial charge in [0.25, 0.3) is 0 Å². The van der Waals surface area contributed by atoms with Gasteiger partial charge in [0.2, 0.25) is 23.8 Å². The van der Waals surface area contributed by atoms with Gasteiger partial charge in [0.1, 0.15) is 0 Å². The molecule has 1 saturated heterocycles. The largest absolute Gasteiger partial charge is 0.366 e. The van der Waals surface area contributed by atoms with Crippen molar-refractivity contribution in [2.24, 2.45) is 28.9 Å². The maximum absolute atomic E-state index is 11.6. The van der Waals surface area contributed by atoms with Crippen LogP contribution in [0.15, 0.2) is 18.2 Å². The Balaban J connectivity index is 1.36. The molecule has 2 heterocycles. The van der Waals surface area contributed by atoms with E-state index in [0.29, 0.717) is 45.5 Å². The van der Waals surface area contributed by atoms with Gasteiger partial charge in [0.05, 0.1) is 10.7 Å². The van der Waals surface area contributed by atoms with Gasteiger partial charge in [-0.3, -0.25) is 4.79 Å². The standard InChI is InChI=1S/C24H33ClN8O/c1-24(2)15-5-3-14(17(24)10-15)11-28-21-31-22(29-16-7-8-27-12-16)33-23(32-21)30-19-9-13(20(26)34)4-6-18(19)25/h4,6,9,14-17,27H,3,5,7-8,10-12H2,1-2H3,(H2,26,34)(H3,28,29,30,31,32,33)/t14-,15-,16?,17-/m0/s1. The number of aromatic nitrogens is 3. The third kappa shape index (κ3) is 4.63. The zero-order valence-corrected chi connectivity index (χ0v) is 20.5. The van der Waals surface area contributed by atoms with Crippen LogP contribution in [0.1, 0.15) is 49.9 Å². The van der Waals surface area contributed by atoms with E-state index in [1.54, 1.807) is 18.2 Å². The van der Waals surface area contributed by atoms with Gasteiger partial charge in [-0.25, -0.2) is 0 Å². The molecule has 4 fully saturated rings. The fraction of sp³-hybridized carbons (Fsp3) is 0.583. The van der Waals surface area contributed by atoms with E-state index in [9.17, 15) is 4.79 Å². The van der Waals surface area contributed by atoms with E-state index in [1.807, 2.05) is 0 Å². The number of hydrogen-bond acceptors (Lipinski definition) is 8. The molecule has 182 valence electrons. The van der Waals surface area contributed by atoms with Crippen molar-refractivity contribution >= 4 is 41.0 Å². The number of carbonyl (C=O) groups is 1. The predicted octanol–water partition coefficient (Wildman–Crippen LogP) is 3.63. The SMILES string of the molecule is CC1(C)[C@H]2CC[C@@H](CNc3nc(Nc4cc(C(N)=O)ccc4Cl)nc(NC4CCNC4)n3)[C@@H]1C2. The van der Waals surface area contributed by atoms with Crippen LogP contribution in [0, 0.1) is 23.2 Å². The molecule has 3 aliphatic carbocycles. The van der Waals surface area contributed by atoms with E-state index < -0.39 is 5.91 Å². The molecule has 3 saturated carbocycles. The number of nitrogens with two attached hydrogens (primary N) is 1. The lowest BCUT2D eigenvalue weighted by molar-refractivity contribution is -0.100. The van der Waals surface area contributed by atoms with Gasteiger partial charge in [-0.15, -0.1) is 0 Å². The van der Waals surface area contributed by atoms with E-state index in [-0.39, 0.29) is 6.04 Å². The van der Waals surface area contributed by atoms with E-state index in [0.717, 1.165) is 37.9 Å². The number of rotatable bonds is 8. The molecule has 0 spiro atoms. The molecular formula is C24H33ClN8O. The molecule has 6 N–H and O–H groups in total. The van der Waals surface area contributed by atoms with Crippen LogP contribution >= 0.6 is 11.6 Å². The Kier molecular flexibility index (Phi) is 6.24. The molecule has 1 aliphatic heterocycles. The van der Waals surface area contributed by atoms with Gasteiger partial charge in [-0.1, -0.05) is 25.4 Å². The minimum absolute atomic E-state index is 0.260. The van der Waals surface area contributed by atoms with Crippen molar-refractivity contribution < 1.29 is 4.79 Å². The zero-order valence-electron chi connectivity index (χ0n) is 19.7. The molecule has 4 aliphatic rings. The molecule has 1 aromatic heterocycles. The highest BCUT2D eigenvalue weighted by atomic mass is 35.5. The third-order valence-corrected chi connectivity index (χ3v) is 8.38. The first-order valence-corrected chi connectivity index (χ1v) is 12.5. The number of hydrogen-bond donors (Lipinski definition) is 5. The lowest BCUT2D eigenvalue weighted by atomic mass is 9.45. The summed E-state index contributed by atoms with van der Waals surface area (Å²) in [4.78, 5) is 25.4. The Morgan fingerprint density at radius 2 is 1.97 bits per heavy atom. The number of primary amides is 1. The second-order valence-electron chi connectivity index (χ2n) is 10.4. The minimum atomic E-state index is -0.526. The van der Waals surface area contributed by atoms with Crippen LogP contribution in [0.25, 0.3) is 0 Å². The van der Waals surface area contributed by atoms with Crippen LogP contribution in [0.4, 0.5) is 23.5 Å². The third-order valence-electron chi connectivity index (χ3n) is 8.05. The molecule has 0 radical (unpaired) electrons. The monoisotopic (exact) mass is 484 g/mol. The first kappa shape index (κ1) is 23.1. The quantitative estimate of drug-likeness (QED) is 0.384. The molecule has 1 amide bonds. The van der Waals surface area contributed by atoms with Gasteiger partial charge in [0.15, 0.2) is 0 Å². The highest BCUT2D eigenvalue weighted by Crippen LogP contribution is 2.61.